The van der Waals surface area contributed by atoms with Crippen molar-refractivity contribution in [2.45, 2.75) is 20.3 Å². The average molecular weight is 296 g/mol. The highest BCUT2D eigenvalue weighted by molar-refractivity contribution is 9.10. The van der Waals surface area contributed by atoms with Crippen LogP contribution in [-0.4, -0.2) is 23.3 Å². The fourth-order valence-electron chi connectivity index (χ4n) is 2.04. The minimum atomic E-state index is -0.199. The lowest BCUT2D eigenvalue weighted by Gasteiger charge is -2.15. The van der Waals surface area contributed by atoms with Crippen molar-refractivity contribution in [3.05, 3.63) is 33.8 Å². The Morgan fingerprint density at radius 1 is 1.47 bits per heavy atom. The zero-order chi connectivity index (χ0) is 12.6. The van der Waals surface area contributed by atoms with E-state index in [0.29, 0.717) is 18.5 Å². The Morgan fingerprint density at radius 2 is 2.18 bits per heavy atom. The van der Waals surface area contributed by atoms with Crippen molar-refractivity contribution < 1.29 is 9.59 Å². The van der Waals surface area contributed by atoms with Gasteiger partial charge in [-0.25, -0.2) is 0 Å². The fourth-order valence-corrected chi connectivity index (χ4v) is 2.47. The predicted molar refractivity (Wildman–Crippen MR) is 68.7 cm³/mol. The maximum absolute atomic E-state index is 12.3. The van der Waals surface area contributed by atoms with Gasteiger partial charge in [-0.05, 0) is 40.4 Å². The summed E-state index contributed by atoms with van der Waals surface area (Å²) in [7, 11) is 0. The number of carbonyl (C=O) groups is 2. The summed E-state index contributed by atoms with van der Waals surface area (Å²) < 4.78 is 0.775. The van der Waals surface area contributed by atoms with Crippen molar-refractivity contribution >= 4 is 27.7 Å². The van der Waals surface area contributed by atoms with Crippen LogP contribution in [0, 0.1) is 12.8 Å². The summed E-state index contributed by atoms with van der Waals surface area (Å²) in [6.45, 7) is 4.43. The summed E-state index contributed by atoms with van der Waals surface area (Å²) in [4.78, 5) is 25.3. The van der Waals surface area contributed by atoms with Crippen LogP contribution in [0.15, 0.2) is 22.7 Å². The second-order valence-electron chi connectivity index (χ2n) is 4.56. The quantitative estimate of drug-likeness (QED) is 0.747. The maximum Gasteiger partial charge on any atom is 0.261 e. The third-order valence-corrected chi connectivity index (χ3v) is 4.04. The number of likely N-dealkylation sites (tertiary alicyclic amines) is 1. The molecule has 1 aromatic carbocycles. The van der Waals surface area contributed by atoms with Crippen molar-refractivity contribution in [1.82, 2.24) is 4.90 Å². The van der Waals surface area contributed by atoms with E-state index in [1.165, 1.54) is 4.90 Å². The Morgan fingerprint density at radius 3 is 2.76 bits per heavy atom. The summed E-state index contributed by atoms with van der Waals surface area (Å²) in [6, 6.07) is 5.50. The highest BCUT2D eigenvalue weighted by atomic mass is 79.9. The molecular formula is C13H14BrNO2. The first-order valence-corrected chi connectivity index (χ1v) is 6.40. The van der Waals surface area contributed by atoms with Gasteiger partial charge in [0, 0.05) is 17.4 Å². The topological polar surface area (TPSA) is 37.4 Å². The van der Waals surface area contributed by atoms with Gasteiger partial charge >= 0.3 is 0 Å². The first-order valence-electron chi connectivity index (χ1n) is 5.60. The number of aryl methyl sites for hydroxylation is 1. The van der Waals surface area contributed by atoms with Crippen molar-refractivity contribution in [3.63, 3.8) is 0 Å². The van der Waals surface area contributed by atoms with Gasteiger partial charge < -0.3 is 0 Å². The molecule has 3 nitrogen and oxygen atoms in total. The van der Waals surface area contributed by atoms with Crippen LogP contribution in [0.25, 0.3) is 0 Å². The van der Waals surface area contributed by atoms with E-state index < -0.39 is 0 Å². The molecule has 1 heterocycles. The first kappa shape index (κ1) is 12.3. The van der Waals surface area contributed by atoms with Gasteiger partial charge in [-0.2, -0.15) is 0 Å². The molecule has 4 heteroatoms. The molecule has 0 aromatic heterocycles. The molecule has 0 saturated carbocycles. The van der Waals surface area contributed by atoms with Crippen molar-refractivity contribution in [3.8, 4) is 0 Å². The Balaban J connectivity index is 2.32. The lowest BCUT2D eigenvalue weighted by atomic mass is 10.1. The summed E-state index contributed by atoms with van der Waals surface area (Å²) in [5.74, 6) is -0.0131. The molecule has 1 saturated heterocycles. The highest BCUT2D eigenvalue weighted by Crippen LogP contribution is 2.25. The van der Waals surface area contributed by atoms with E-state index in [4.69, 9.17) is 0 Å². The molecule has 1 aliphatic rings. The first-order chi connectivity index (χ1) is 8.00. The molecule has 1 atom stereocenters. The van der Waals surface area contributed by atoms with E-state index in [1.54, 1.807) is 6.07 Å². The van der Waals surface area contributed by atoms with Gasteiger partial charge in [-0.1, -0.05) is 19.1 Å². The van der Waals surface area contributed by atoms with Gasteiger partial charge in [-0.15, -0.1) is 0 Å². The SMILES string of the molecule is Cc1cccc(C(=O)N2CC(C)CC2=O)c1Br. The molecule has 0 spiro atoms. The van der Waals surface area contributed by atoms with Crippen LogP contribution in [0.1, 0.15) is 29.3 Å². The molecule has 0 radical (unpaired) electrons. The summed E-state index contributed by atoms with van der Waals surface area (Å²) >= 11 is 3.40. The molecule has 90 valence electrons. The minimum Gasteiger partial charge on any atom is -0.278 e. The Labute approximate surface area is 109 Å². The Bertz CT molecular complexity index is 484. The summed E-state index contributed by atoms with van der Waals surface area (Å²) in [5.41, 5.74) is 1.56. The van der Waals surface area contributed by atoms with Crippen LogP contribution in [0.3, 0.4) is 0 Å². The summed E-state index contributed by atoms with van der Waals surface area (Å²) in [6.07, 6.45) is 0.467. The minimum absolute atomic E-state index is 0.0732. The molecule has 0 aliphatic carbocycles. The lowest BCUT2D eigenvalue weighted by molar-refractivity contribution is -0.125. The number of imide groups is 1. The smallest absolute Gasteiger partial charge is 0.261 e. The van der Waals surface area contributed by atoms with Crippen molar-refractivity contribution in [2.75, 3.05) is 6.54 Å². The standard InChI is InChI=1S/C13H14BrNO2/c1-8-6-11(16)15(7-8)13(17)10-5-3-4-9(2)12(10)14/h3-5,8H,6-7H2,1-2H3. The number of hydrogen-bond donors (Lipinski definition) is 0. The van der Waals surface area contributed by atoms with Crippen LogP contribution in [0.2, 0.25) is 0 Å². The zero-order valence-electron chi connectivity index (χ0n) is 9.87. The van der Waals surface area contributed by atoms with Crippen LogP contribution < -0.4 is 0 Å². The molecule has 2 rings (SSSR count). The lowest BCUT2D eigenvalue weighted by Crippen LogP contribution is -2.32. The number of hydrogen-bond acceptors (Lipinski definition) is 2. The molecule has 17 heavy (non-hydrogen) atoms. The Hall–Kier alpha value is -1.16. The van der Waals surface area contributed by atoms with Gasteiger partial charge in [0.05, 0.1) is 5.56 Å². The third kappa shape index (κ3) is 2.27. The largest absolute Gasteiger partial charge is 0.278 e. The van der Waals surface area contributed by atoms with Gasteiger partial charge in [0.2, 0.25) is 5.91 Å². The van der Waals surface area contributed by atoms with Gasteiger partial charge in [-0.3, -0.25) is 14.5 Å². The molecule has 0 N–H and O–H groups in total. The number of carbonyl (C=O) groups excluding carboxylic acids is 2. The van der Waals surface area contributed by atoms with Crippen molar-refractivity contribution in [1.29, 1.82) is 0 Å². The van der Waals surface area contributed by atoms with Crippen molar-refractivity contribution in [2.24, 2.45) is 5.92 Å². The van der Waals surface area contributed by atoms with E-state index in [9.17, 15) is 9.59 Å². The number of benzene rings is 1. The van der Waals surface area contributed by atoms with Crippen LogP contribution in [0.5, 0.6) is 0 Å². The van der Waals surface area contributed by atoms with Crippen LogP contribution >= 0.6 is 15.9 Å². The number of rotatable bonds is 1. The third-order valence-electron chi connectivity index (χ3n) is 2.99. The van der Waals surface area contributed by atoms with E-state index >= 15 is 0 Å². The monoisotopic (exact) mass is 295 g/mol. The van der Waals surface area contributed by atoms with E-state index in [1.807, 2.05) is 26.0 Å². The fraction of sp³-hybridized carbons (Fsp3) is 0.385. The number of nitrogens with zero attached hydrogens (tertiary/aromatic N) is 1. The van der Waals surface area contributed by atoms with Crippen LogP contribution in [-0.2, 0) is 4.79 Å². The van der Waals surface area contributed by atoms with Gasteiger partial charge in [0.1, 0.15) is 0 Å². The molecule has 1 unspecified atom stereocenters. The second kappa shape index (κ2) is 4.61. The van der Waals surface area contributed by atoms with Gasteiger partial charge in [0.15, 0.2) is 0 Å². The van der Waals surface area contributed by atoms with Crippen LogP contribution in [0.4, 0.5) is 0 Å². The zero-order valence-corrected chi connectivity index (χ0v) is 11.5. The average Bonchev–Trinajstić information content (AvgIpc) is 2.61. The predicted octanol–water partition coefficient (Wildman–Crippen LogP) is 2.77. The molecule has 1 fully saturated rings. The normalized spacial score (nSPS) is 19.8. The Kier molecular flexibility index (Phi) is 3.33. The second-order valence-corrected chi connectivity index (χ2v) is 5.35. The van der Waals surface area contributed by atoms with Gasteiger partial charge in [0.25, 0.3) is 5.91 Å². The van der Waals surface area contributed by atoms with E-state index in [2.05, 4.69) is 15.9 Å². The molecule has 2 amide bonds. The van der Waals surface area contributed by atoms with E-state index in [0.717, 1.165) is 10.0 Å². The summed E-state index contributed by atoms with van der Waals surface area (Å²) in [5, 5.41) is 0. The molecule has 0 bridgehead atoms. The highest BCUT2D eigenvalue weighted by Gasteiger charge is 2.32. The maximum atomic E-state index is 12.3. The number of halogens is 1. The molecular weight excluding hydrogens is 282 g/mol. The number of amides is 2. The van der Waals surface area contributed by atoms with E-state index in [-0.39, 0.29) is 17.7 Å². The molecule has 1 aliphatic heterocycles. The molecule has 1 aromatic rings.